The average molecular weight is 433 g/mol. The summed E-state index contributed by atoms with van der Waals surface area (Å²) >= 11 is 3.36. The van der Waals surface area contributed by atoms with Crippen LogP contribution in [-0.4, -0.2) is 43.9 Å². The predicted molar refractivity (Wildman–Crippen MR) is 120 cm³/mol. The third-order valence-corrected chi connectivity index (χ3v) is 8.14. The molecule has 2 aliphatic rings. The highest BCUT2D eigenvalue weighted by atomic mass is 32.2. The maximum atomic E-state index is 12.9. The van der Waals surface area contributed by atoms with Crippen LogP contribution in [0.2, 0.25) is 0 Å². The number of carbonyl (C=O) groups excluding carboxylic acids is 1. The number of likely N-dealkylation sites (tertiary alicyclic amines) is 1. The second-order valence-corrected chi connectivity index (χ2v) is 10.2. The van der Waals surface area contributed by atoms with Crippen LogP contribution in [0.15, 0.2) is 22.7 Å². The normalized spacial score (nSPS) is 20.9. The third-order valence-electron chi connectivity index (χ3n) is 6.33. The molecule has 7 heteroatoms. The van der Waals surface area contributed by atoms with Crippen LogP contribution in [0.4, 0.5) is 0 Å². The van der Waals surface area contributed by atoms with Gasteiger partial charge in [-0.3, -0.25) is 4.79 Å². The van der Waals surface area contributed by atoms with Gasteiger partial charge in [-0.2, -0.15) is 0 Å². The Morgan fingerprint density at radius 2 is 2.00 bits per heavy atom. The molecule has 1 unspecified atom stereocenters. The van der Waals surface area contributed by atoms with E-state index in [4.69, 9.17) is 0 Å². The van der Waals surface area contributed by atoms with E-state index in [1.165, 1.54) is 43.4 Å². The van der Waals surface area contributed by atoms with E-state index in [0.717, 1.165) is 43.2 Å². The quantitative estimate of drug-likeness (QED) is 0.556. The maximum absolute atomic E-state index is 12.9. The molecule has 0 N–H and O–H groups in total. The first-order valence-corrected chi connectivity index (χ1v) is 13.0. The van der Waals surface area contributed by atoms with Crippen LogP contribution in [0.1, 0.15) is 81.5 Å². The Morgan fingerprint density at radius 1 is 1.17 bits per heavy atom. The molecular weight excluding hydrogens is 400 g/mol. The number of piperidine rings is 1. The van der Waals surface area contributed by atoms with Gasteiger partial charge < -0.3 is 9.47 Å². The summed E-state index contributed by atoms with van der Waals surface area (Å²) in [6.07, 6.45) is 11.7. The largest absolute Gasteiger partial charge is 0.339 e. The number of nitrogens with zero attached hydrogens (tertiary/aromatic N) is 4. The van der Waals surface area contributed by atoms with E-state index in [9.17, 15) is 4.79 Å². The van der Waals surface area contributed by atoms with Gasteiger partial charge in [-0.1, -0.05) is 44.0 Å². The second kappa shape index (κ2) is 10.1. The van der Waals surface area contributed by atoms with Crippen LogP contribution >= 0.6 is 23.1 Å². The number of hydrogen-bond donors (Lipinski definition) is 0. The van der Waals surface area contributed by atoms with Crippen LogP contribution in [0.3, 0.4) is 0 Å². The lowest BCUT2D eigenvalue weighted by Crippen LogP contribution is -2.44. The highest BCUT2D eigenvalue weighted by molar-refractivity contribution is 7.99. The first-order chi connectivity index (χ1) is 14.3. The van der Waals surface area contributed by atoms with Gasteiger partial charge in [0.15, 0.2) is 5.16 Å². The lowest BCUT2D eigenvalue weighted by atomic mass is 9.95. The Kier molecular flexibility index (Phi) is 7.29. The minimum atomic E-state index is 0.263. The van der Waals surface area contributed by atoms with Gasteiger partial charge in [0.25, 0.3) is 0 Å². The molecule has 2 aromatic rings. The summed E-state index contributed by atoms with van der Waals surface area (Å²) in [7, 11) is 0. The fourth-order valence-corrected chi connectivity index (χ4v) is 6.38. The molecule has 158 valence electrons. The Labute approximate surface area is 182 Å². The van der Waals surface area contributed by atoms with Crippen molar-refractivity contribution in [2.75, 3.05) is 12.3 Å². The molecule has 1 amide bonds. The number of aromatic nitrogens is 3. The van der Waals surface area contributed by atoms with Crippen molar-refractivity contribution in [3.63, 3.8) is 0 Å². The van der Waals surface area contributed by atoms with E-state index in [-0.39, 0.29) is 5.91 Å². The number of amides is 1. The smallest absolute Gasteiger partial charge is 0.233 e. The third kappa shape index (κ3) is 5.05. The van der Waals surface area contributed by atoms with Gasteiger partial charge in [-0.05, 0) is 50.0 Å². The molecule has 29 heavy (non-hydrogen) atoms. The molecule has 1 aliphatic heterocycles. The number of hydrogen-bond acceptors (Lipinski definition) is 5. The molecule has 3 heterocycles. The predicted octanol–water partition coefficient (Wildman–Crippen LogP) is 5.32. The maximum Gasteiger partial charge on any atom is 0.233 e. The highest BCUT2D eigenvalue weighted by Crippen LogP contribution is 2.34. The molecule has 0 radical (unpaired) electrons. The van der Waals surface area contributed by atoms with E-state index in [1.807, 2.05) is 0 Å². The van der Waals surface area contributed by atoms with Crippen LogP contribution in [0.5, 0.6) is 0 Å². The van der Waals surface area contributed by atoms with Crippen molar-refractivity contribution < 1.29 is 4.79 Å². The standard InChI is InChI=1S/C22H32N4OS2/c1-2-17-9-6-7-13-25(17)21(27)16-29-22-24-23-20(15-19-12-8-14-28-19)26(22)18-10-4-3-5-11-18/h8,12,14,17-18H,2-7,9-11,13,15-16H2,1H3. The van der Waals surface area contributed by atoms with Gasteiger partial charge in [0, 0.05) is 29.9 Å². The molecule has 2 fully saturated rings. The molecule has 4 rings (SSSR count). The first kappa shape index (κ1) is 20.9. The van der Waals surface area contributed by atoms with E-state index >= 15 is 0 Å². The lowest BCUT2D eigenvalue weighted by molar-refractivity contribution is -0.132. The molecule has 2 aromatic heterocycles. The van der Waals surface area contributed by atoms with E-state index in [1.54, 1.807) is 23.1 Å². The molecule has 1 atom stereocenters. The van der Waals surface area contributed by atoms with Gasteiger partial charge in [-0.15, -0.1) is 21.5 Å². The number of thiophene rings is 1. The summed E-state index contributed by atoms with van der Waals surface area (Å²) in [4.78, 5) is 16.4. The van der Waals surface area contributed by atoms with Crippen molar-refractivity contribution in [3.8, 4) is 0 Å². The zero-order valence-electron chi connectivity index (χ0n) is 17.4. The lowest BCUT2D eigenvalue weighted by Gasteiger charge is -2.35. The summed E-state index contributed by atoms with van der Waals surface area (Å²) in [6.45, 7) is 3.11. The van der Waals surface area contributed by atoms with Gasteiger partial charge in [0.2, 0.25) is 5.91 Å². The monoisotopic (exact) mass is 432 g/mol. The Bertz CT molecular complexity index is 783. The molecule has 1 aliphatic carbocycles. The summed E-state index contributed by atoms with van der Waals surface area (Å²) < 4.78 is 2.37. The molecule has 0 spiro atoms. The highest BCUT2D eigenvalue weighted by Gasteiger charge is 2.27. The van der Waals surface area contributed by atoms with Crippen molar-refractivity contribution in [2.24, 2.45) is 0 Å². The molecule has 1 saturated carbocycles. The van der Waals surface area contributed by atoms with Crippen LogP contribution in [0.25, 0.3) is 0 Å². The van der Waals surface area contributed by atoms with Gasteiger partial charge in [0.1, 0.15) is 5.82 Å². The Balaban J connectivity index is 1.48. The molecule has 0 aromatic carbocycles. The van der Waals surface area contributed by atoms with Gasteiger partial charge >= 0.3 is 0 Å². The van der Waals surface area contributed by atoms with Crippen molar-refractivity contribution in [3.05, 3.63) is 28.2 Å². The van der Waals surface area contributed by atoms with Gasteiger partial charge in [0.05, 0.1) is 5.75 Å². The van der Waals surface area contributed by atoms with E-state index in [2.05, 4.69) is 44.1 Å². The van der Waals surface area contributed by atoms with E-state index < -0.39 is 0 Å². The molecule has 0 bridgehead atoms. The zero-order chi connectivity index (χ0) is 20.1. The topological polar surface area (TPSA) is 51.0 Å². The SMILES string of the molecule is CCC1CCCCN1C(=O)CSc1nnc(Cc2cccs2)n1C1CCCCC1. The first-order valence-electron chi connectivity index (χ1n) is 11.1. The van der Waals surface area contributed by atoms with Crippen LogP contribution in [0, 0.1) is 0 Å². The number of carbonyl (C=O) groups is 1. The Hall–Kier alpha value is -1.34. The fraction of sp³-hybridized carbons (Fsp3) is 0.682. The molecule has 1 saturated heterocycles. The van der Waals surface area contributed by atoms with Crippen molar-refractivity contribution in [2.45, 2.75) is 88.4 Å². The Morgan fingerprint density at radius 3 is 2.76 bits per heavy atom. The summed E-state index contributed by atoms with van der Waals surface area (Å²) in [5.41, 5.74) is 0. The minimum Gasteiger partial charge on any atom is -0.339 e. The zero-order valence-corrected chi connectivity index (χ0v) is 19.0. The van der Waals surface area contributed by atoms with E-state index in [0.29, 0.717) is 17.8 Å². The van der Waals surface area contributed by atoms with Crippen molar-refractivity contribution in [1.82, 2.24) is 19.7 Å². The second-order valence-electron chi connectivity index (χ2n) is 8.25. The summed E-state index contributed by atoms with van der Waals surface area (Å²) in [5, 5.41) is 12.2. The summed E-state index contributed by atoms with van der Waals surface area (Å²) in [6, 6.07) is 5.16. The van der Waals surface area contributed by atoms with Crippen LogP contribution in [-0.2, 0) is 11.2 Å². The molecular formula is C22H32N4OS2. The molecule has 5 nitrogen and oxygen atoms in total. The summed E-state index contributed by atoms with van der Waals surface area (Å²) in [5.74, 6) is 1.79. The van der Waals surface area contributed by atoms with Crippen LogP contribution < -0.4 is 0 Å². The average Bonchev–Trinajstić information content (AvgIpc) is 3.43. The van der Waals surface area contributed by atoms with Gasteiger partial charge in [-0.25, -0.2) is 0 Å². The fourth-order valence-electron chi connectivity index (χ4n) is 4.76. The number of thioether (sulfide) groups is 1. The van der Waals surface area contributed by atoms with Crippen molar-refractivity contribution in [1.29, 1.82) is 0 Å². The van der Waals surface area contributed by atoms with Crippen molar-refractivity contribution >= 4 is 29.0 Å². The number of rotatable bonds is 7. The minimum absolute atomic E-state index is 0.263.